The molecule has 0 spiro atoms. The van der Waals surface area contributed by atoms with Crippen LogP contribution in [0.5, 0.6) is 5.75 Å². The van der Waals surface area contributed by atoms with Crippen LogP contribution >= 0.6 is 34.8 Å². The maximum absolute atomic E-state index is 12.6. The molecule has 11 heteroatoms. The van der Waals surface area contributed by atoms with E-state index >= 15 is 0 Å². The van der Waals surface area contributed by atoms with Gasteiger partial charge >= 0.3 is 12.0 Å². The lowest BCUT2D eigenvalue weighted by atomic mass is 9.52. The predicted molar refractivity (Wildman–Crippen MR) is 209 cm³/mol. The van der Waals surface area contributed by atoms with Crippen LogP contribution in [0.3, 0.4) is 0 Å². The molecule has 3 fully saturated rings. The Labute approximate surface area is 328 Å². The summed E-state index contributed by atoms with van der Waals surface area (Å²) in [4.78, 5) is 42.4. The number of carbonyl (C=O) groups is 3. The molecule has 53 heavy (non-hydrogen) atoms. The summed E-state index contributed by atoms with van der Waals surface area (Å²) in [5.74, 6) is 3.46. The van der Waals surface area contributed by atoms with Gasteiger partial charge in [0.2, 0.25) is 0 Å². The lowest BCUT2D eigenvalue weighted by molar-refractivity contribution is -0.158. The summed E-state index contributed by atoms with van der Waals surface area (Å²) in [6.45, 7) is 5.68. The van der Waals surface area contributed by atoms with Crippen molar-refractivity contribution in [2.45, 2.75) is 90.6 Å². The summed E-state index contributed by atoms with van der Waals surface area (Å²) < 4.78 is 13.2. The molecule has 0 bridgehead atoms. The average Bonchev–Trinajstić information content (AvgIpc) is 3.80. The number of hydrogen-bond donors (Lipinski definition) is 0. The number of hydrogen-bond acceptors (Lipinski definition) is 6. The minimum absolute atomic E-state index is 0.0347. The van der Waals surface area contributed by atoms with Crippen LogP contribution in [0.2, 0.25) is 15.1 Å². The van der Waals surface area contributed by atoms with E-state index in [1.165, 1.54) is 41.3 Å². The maximum Gasteiger partial charge on any atom is 0.329 e. The lowest BCUT2D eigenvalue weighted by Gasteiger charge is -2.53. The number of esters is 1. The van der Waals surface area contributed by atoms with E-state index in [1.54, 1.807) is 29.4 Å². The molecule has 1 aromatic heterocycles. The predicted octanol–water partition coefficient (Wildman–Crippen LogP) is 10.3. The van der Waals surface area contributed by atoms with Gasteiger partial charge in [-0.15, -0.1) is 0 Å². The first-order valence-corrected chi connectivity index (χ1v) is 20.2. The number of rotatable bonds is 10. The smallest absolute Gasteiger partial charge is 0.329 e. The van der Waals surface area contributed by atoms with E-state index in [2.05, 4.69) is 24.0 Å². The summed E-state index contributed by atoms with van der Waals surface area (Å²) >= 11 is 18.0. The zero-order valence-electron chi connectivity index (χ0n) is 30.7. The molecular formula is C42H50Cl3N3O5. The van der Waals surface area contributed by atoms with Gasteiger partial charge < -0.3 is 14.4 Å². The van der Waals surface area contributed by atoms with Crippen molar-refractivity contribution in [3.63, 3.8) is 0 Å². The van der Waals surface area contributed by atoms with Crippen LogP contribution in [0.4, 0.5) is 4.79 Å². The molecule has 3 aromatic rings. The largest absolute Gasteiger partial charge is 0.489 e. The number of aromatic nitrogens is 2. The molecule has 8 nitrogen and oxygen atoms in total. The van der Waals surface area contributed by atoms with E-state index in [-0.39, 0.29) is 30.1 Å². The molecule has 0 saturated heterocycles. The quantitative estimate of drug-likeness (QED) is 0.190. The molecule has 284 valence electrons. The molecule has 7 rings (SSSR count). The van der Waals surface area contributed by atoms with E-state index < -0.39 is 0 Å². The molecule has 0 radical (unpaired) electrons. The van der Waals surface area contributed by atoms with Crippen LogP contribution in [0.1, 0.15) is 83.6 Å². The minimum Gasteiger partial charge on any atom is -0.489 e. The molecule has 0 unspecified atom stereocenters. The highest BCUT2D eigenvalue weighted by Crippen LogP contribution is 2.62. The number of amides is 1. The van der Waals surface area contributed by atoms with Gasteiger partial charge in [0.05, 0.1) is 16.6 Å². The summed E-state index contributed by atoms with van der Waals surface area (Å²) in [5.41, 5.74) is 2.77. The molecule has 6 atom stereocenters. The first-order chi connectivity index (χ1) is 25.6. The highest BCUT2D eigenvalue weighted by molar-refractivity contribution is 6.40. The number of nitrogens with zero attached hydrogens (tertiary/aromatic N) is 3. The Morgan fingerprint density at radius 2 is 1.75 bits per heavy atom. The van der Waals surface area contributed by atoms with Crippen molar-refractivity contribution in [2.24, 2.45) is 29.1 Å². The maximum atomic E-state index is 12.6. The van der Waals surface area contributed by atoms with Gasteiger partial charge in [-0.3, -0.25) is 14.2 Å². The van der Waals surface area contributed by atoms with Crippen LogP contribution in [0, 0.1) is 29.1 Å². The number of halogens is 3. The van der Waals surface area contributed by atoms with Gasteiger partial charge in [0, 0.05) is 42.2 Å². The second kappa shape index (κ2) is 17.9. The van der Waals surface area contributed by atoms with E-state index in [1.807, 2.05) is 31.2 Å². The Balaban J connectivity index is 0.000000189. The first kappa shape index (κ1) is 39.4. The molecule has 0 aliphatic heterocycles. The van der Waals surface area contributed by atoms with Crippen LogP contribution in [-0.2, 0) is 20.7 Å². The van der Waals surface area contributed by atoms with Crippen molar-refractivity contribution in [1.29, 1.82) is 0 Å². The van der Waals surface area contributed by atoms with Crippen molar-refractivity contribution < 1.29 is 23.9 Å². The molecular weight excluding hydrogens is 733 g/mol. The molecule has 4 aliphatic carbocycles. The van der Waals surface area contributed by atoms with E-state index in [0.717, 1.165) is 56.8 Å². The molecule has 3 saturated carbocycles. The fraction of sp³-hybridized carbons (Fsp3) is 0.524. The summed E-state index contributed by atoms with van der Waals surface area (Å²) in [5, 5.41) is 1.12. The Kier molecular flexibility index (Phi) is 13.3. The number of allylic oxidation sites excluding steroid dienone is 1. The van der Waals surface area contributed by atoms with Gasteiger partial charge in [0.25, 0.3) is 0 Å². The standard InChI is InChI=1S/C27H34O3.C15H16Cl3N3O2/c1-27-16-15-22-21-11-9-20(28)17-19(21)8-10-23(22)24(27)12-13-25(27)30-26(29)14-7-18-5-3-2-4-6-18;1-2-4-20(15(22)21-5-3-19-10-21)6-7-23-14-12(17)8-11(16)9-13(14)18/h2-6,17,21-25H,7-16H2,1H3;3,5,8-10H,2,4,6-7H2,1H3/t21-,22+,23+,24-,25-,27-;/m0./s1. The SMILES string of the molecule is CCCN(CCOc1c(Cl)cc(Cl)cc1Cl)C(=O)n1ccnc1.C[C@]12CC[C@H]3[C@@H](CCC4=CC(=O)CC[C@@H]43)[C@@H]1CC[C@@H]2OC(=O)CCc1ccccc1. The van der Waals surface area contributed by atoms with E-state index in [0.29, 0.717) is 57.9 Å². The topological polar surface area (TPSA) is 90.7 Å². The van der Waals surface area contributed by atoms with Crippen LogP contribution in [0.25, 0.3) is 0 Å². The first-order valence-electron chi connectivity index (χ1n) is 19.1. The fourth-order valence-electron chi connectivity index (χ4n) is 9.47. The number of benzene rings is 2. The fourth-order valence-corrected chi connectivity index (χ4v) is 10.4. The zero-order chi connectivity index (χ0) is 37.5. The second-order valence-electron chi connectivity index (χ2n) is 15.2. The molecule has 2 aromatic carbocycles. The Morgan fingerprint density at radius 1 is 0.981 bits per heavy atom. The van der Waals surface area contributed by atoms with Crippen LogP contribution in [0.15, 0.2) is 72.8 Å². The van der Waals surface area contributed by atoms with Crippen molar-refractivity contribution in [2.75, 3.05) is 19.7 Å². The van der Waals surface area contributed by atoms with Crippen molar-refractivity contribution in [1.82, 2.24) is 14.5 Å². The highest BCUT2D eigenvalue weighted by Gasteiger charge is 2.57. The van der Waals surface area contributed by atoms with Gasteiger partial charge in [-0.25, -0.2) is 9.78 Å². The lowest BCUT2D eigenvalue weighted by Crippen LogP contribution is -2.48. The van der Waals surface area contributed by atoms with Gasteiger partial charge in [-0.1, -0.05) is 84.6 Å². The van der Waals surface area contributed by atoms with Crippen molar-refractivity contribution in [3.05, 3.63) is 93.5 Å². The van der Waals surface area contributed by atoms with Crippen LogP contribution < -0.4 is 4.74 Å². The number of ketones is 1. The van der Waals surface area contributed by atoms with Gasteiger partial charge in [-0.05, 0) is 105 Å². The Hall–Kier alpha value is -3.33. The van der Waals surface area contributed by atoms with Crippen LogP contribution in [-0.4, -0.2) is 58.0 Å². The Bertz CT molecular complexity index is 1740. The molecule has 0 N–H and O–H groups in total. The molecule has 1 heterocycles. The average molecular weight is 783 g/mol. The third-order valence-corrected chi connectivity index (χ3v) is 12.8. The normalized spacial score (nSPS) is 25.9. The zero-order valence-corrected chi connectivity index (χ0v) is 32.9. The number of imidazole rings is 1. The number of ether oxygens (including phenoxy) is 2. The highest BCUT2D eigenvalue weighted by atomic mass is 35.5. The van der Waals surface area contributed by atoms with Crippen molar-refractivity contribution in [3.8, 4) is 5.75 Å². The third kappa shape index (κ3) is 9.32. The summed E-state index contributed by atoms with van der Waals surface area (Å²) in [6.07, 6.45) is 17.5. The van der Waals surface area contributed by atoms with Crippen molar-refractivity contribution >= 4 is 52.6 Å². The van der Waals surface area contributed by atoms with Gasteiger partial charge in [0.15, 0.2) is 11.5 Å². The van der Waals surface area contributed by atoms with E-state index in [9.17, 15) is 14.4 Å². The third-order valence-electron chi connectivity index (χ3n) is 12.0. The monoisotopic (exact) mass is 781 g/mol. The summed E-state index contributed by atoms with van der Waals surface area (Å²) in [6, 6.07) is 13.2. The Morgan fingerprint density at radius 3 is 2.47 bits per heavy atom. The number of carbonyl (C=O) groups excluding carboxylic acids is 3. The number of aryl methyl sites for hydroxylation is 1. The molecule has 1 amide bonds. The minimum atomic E-state index is -0.152. The van der Waals surface area contributed by atoms with Gasteiger partial charge in [0.1, 0.15) is 19.0 Å². The number of fused-ring (bicyclic) bond motifs is 5. The summed E-state index contributed by atoms with van der Waals surface area (Å²) in [7, 11) is 0. The van der Waals surface area contributed by atoms with E-state index in [4.69, 9.17) is 44.3 Å². The van der Waals surface area contributed by atoms with Gasteiger partial charge in [-0.2, -0.15) is 0 Å². The molecule has 4 aliphatic rings. The second-order valence-corrected chi connectivity index (χ2v) is 16.4.